The minimum atomic E-state index is -4.67. The first kappa shape index (κ1) is 17.7. The second kappa shape index (κ2) is 6.65. The van der Waals surface area contributed by atoms with Crippen molar-refractivity contribution in [1.29, 1.82) is 0 Å². The fourth-order valence-electron chi connectivity index (χ4n) is 2.66. The van der Waals surface area contributed by atoms with Crippen molar-refractivity contribution in [2.45, 2.75) is 25.1 Å². The molecule has 0 spiro atoms. The zero-order chi connectivity index (χ0) is 18.9. The zero-order valence-corrected chi connectivity index (χ0v) is 13.5. The van der Waals surface area contributed by atoms with E-state index in [0.717, 1.165) is 0 Å². The van der Waals surface area contributed by atoms with Crippen molar-refractivity contribution in [2.75, 3.05) is 12.4 Å². The Kier molecular flexibility index (Phi) is 4.53. The van der Waals surface area contributed by atoms with Gasteiger partial charge in [-0.15, -0.1) is 5.10 Å². The summed E-state index contributed by atoms with van der Waals surface area (Å²) in [5.41, 5.74) is 0.973. The highest BCUT2D eigenvalue weighted by atomic mass is 19.4. The average Bonchev–Trinajstić information content (AvgIpc) is 3.07. The third-order valence-corrected chi connectivity index (χ3v) is 3.84. The molecule has 3 rings (SSSR count). The highest BCUT2D eigenvalue weighted by Gasteiger charge is 2.36. The summed E-state index contributed by atoms with van der Waals surface area (Å²) < 4.78 is 42.6. The lowest BCUT2D eigenvalue weighted by Gasteiger charge is -2.26. The molecule has 0 unspecified atom stereocenters. The standard InChI is InChI=1S/C15H14F3N5O3/c1-26-9-4-2-3-7-8(5-11(24)21-12(7)9)13(25)19-6-10-20-14(23-22-10)15(16,17)18/h2-4,8H,5-6H2,1H3,(H,19,25)(H,21,24)(H,20,22,23)/t8-/m0/s1. The summed E-state index contributed by atoms with van der Waals surface area (Å²) in [6, 6.07) is 5.01. The number of fused-ring (bicyclic) bond motifs is 1. The van der Waals surface area contributed by atoms with Crippen molar-refractivity contribution in [3.05, 3.63) is 35.4 Å². The highest BCUT2D eigenvalue weighted by Crippen LogP contribution is 2.38. The summed E-state index contributed by atoms with van der Waals surface area (Å²) in [5, 5.41) is 10.3. The van der Waals surface area contributed by atoms with Gasteiger partial charge >= 0.3 is 6.18 Å². The number of nitrogens with zero attached hydrogens (tertiary/aromatic N) is 2. The Hall–Kier alpha value is -3.11. The Morgan fingerprint density at radius 2 is 2.19 bits per heavy atom. The van der Waals surface area contributed by atoms with E-state index < -0.39 is 23.8 Å². The number of amides is 2. The van der Waals surface area contributed by atoms with Gasteiger partial charge in [-0.25, -0.2) is 4.98 Å². The largest absolute Gasteiger partial charge is 0.495 e. The molecule has 1 aliphatic rings. The Bertz CT molecular complexity index is 849. The molecule has 0 aliphatic carbocycles. The molecule has 0 radical (unpaired) electrons. The molecule has 3 N–H and O–H groups in total. The minimum Gasteiger partial charge on any atom is -0.495 e. The van der Waals surface area contributed by atoms with E-state index in [9.17, 15) is 22.8 Å². The Morgan fingerprint density at radius 3 is 2.85 bits per heavy atom. The van der Waals surface area contributed by atoms with Crippen LogP contribution in [0.15, 0.2) is 18.2 Å². The van der Waals surface area contributed by atoms with Gasteiger partial charge < -0.3 is 15.4 Å². The van der Waals surface area contributed by atoms with Crippen LogP contribution in [0.4, 0.5) is 18.9 Å². The van der Waals surface area contributed by atoms with Crippen LogP contribution < -0.4 is 15.4 Å². The molecule has 8 nitrogen and oxygen atoms in total. The lowest BCUT2D eigenvalue weighted by Crippen LogP contribution is -2.35. The lowest BCUT2D eigenvalue weighted by atomic mass is 9.89. The number of hydrogen-bond donors (Lipinski definition) is 3. The van der Waals surface area contributed by atoms with Crippen molar-refractivity contribution in [1.82, 2.24) is 20.5 Å². The fraction of sp³-hybridized carbons (Fsp3) is 0.333. The summed E-state index contributed by atoms with van der Waals surface area (Å²) in [4.78, 5) is 27.6. The molecule has 0 fully saturated rings. The number of alkyl halides is 3. The van der Waals surface area contributed by atoms with Crippen LogP contribution in [0.3, 0.4) is 0 Å². The van der Waals surface area contributed by atoms with Gasteiger partial charge in [-0.05, 0) is 11.6 Å². The summed E-state index contributed by atoms with van der Waals surface area (Å²) in [6.45, 7) is -0.278. The van der Waals surface area contributed by atoms with Crippen molar-refractivity contribution < 1.29 is 27.5 Å². The number of hydrogen-bond acceptors (Lipinski definition) is 5. The maximum Gasteiger partial charge on any atom is 0.453 e. The van der Waals surface area contributed by atoms with E-state index in [2.05, 4.69) is 25.8 Å². The molecular weight excluding hydrogens is 355 g/mol. The molecule has 2 heterocycles. The van der Waals surface area contributed by atoms with E-state index in [1.165, 1.54) is 7.11 Å². The number of aromatic amines is 1. The van der Waals surface area contributed by atoms with Crippen molar-refractivity contribution in [3.8, 4) is 5.75 Å². The van der Waals surface area contributed by atoms with E-state index in [1.807, 2.05) is 0 Å². The Morgan fingerprint density at radius 1 is 1.42 bits per heavy atom. The molecule has 0 saturated heterocycles. The summed E-state index contributed by atoms with van der Waals surface area (Å²) in [5.74, 6) is -2.71. The minimum absolute atomic E-state index is 0.0871. The van der Waals surface area contributed by atoms with Gasteiger partial charge in [0, 0.05) is 6.42 Å². The molecule has 1 aromatic carbocycles. The zero-order valence-electron chi connectivity index (χ0n) is 13.5. The van der Waals surface area contributed by atoms with Crippen LogP contribution in [0.25, 0.3) is 0 Å². The number of rotatable bonds is 4. The van der Waals surface area contributed by atoms with Gasteiger partial charge in [-0.2, -0.15) is 13.2 Å². The van der Waals surface area contributed by atoms with Crippen LogP contribution in [-0.4, -0.2) is 34.1 Å². The number of methoxy groups -OCH3 is 1. The van der Waals surface area contributed by atoms with Crippen molar-refractivity contribution in [3.63, 3.8) is 0 Å². The van der Waals surface area contributed by atoms with Gasteiger partial charge in [0.05, 0.1) is 25.3 Å². The second-order valence-electron chi connectivity index (χ2n) is 5.55. The fourth-order valence-corrected chi connectivity index (χ4v) is 2.66. The summed E-state index contributed by atoms with van der Waals surface area (Å²) in [7, 11) is 1.44. The van der Waals surface area contributed by atoms with Gasteiger partial charge in [0.15, 0.2) is 0 Å². The van der Waals surface area contributed by atoms with Crippen LogP contribution in [0.2, 0.25) is 0 Å². The summed E-state index contributed by atoms with van der Waals surface area (Å²) >= 11 is 0. The van der Waals surface area contributed by atoms with Crippen LogP contribution in [0.1, 0.15) is 29.6 Å². The van der Waals surface area contributed by atoms with Gasteiger partial charge in [0.25, 0.3) is 5.82 Å². The first-order valence-electron chi connectivity index (χ1n) is 7.52. The van der Waals surface area contributed by atoms with Crippen LogP contribution in [0, 0.1) is 0 Å². The smallest absolute Gasteiger partial charge is 0.453 e. The van der Waals surface area contributed by atoms with E-state index in [0.29, 0.717) is 17.0 Å². The molecular formula is C15H14F3N5O3. The number of carbonyl (C=O) groups excluding carboxylic acids is 2. The van der Waals surface area contributed by atoms with Gasteiger partial charge in [-0.1, -0.05) is 12.1 Å². The predicted molar refractivity (Wildman–Crippen MR) is 82.2 cm³/mol. The molecule has 11 heteroatoms. The van der Waals surface area contributed by atoms with E-state index >= 15 is 0 Å². The van der Waals surface area contributed by atoms with Gasteiger partial charge in [0.1, 0.15) is 11.6 Å². The topological polar surface area (TPSA) is 109 Å². The molecule has 0 bridgehead atoms. The first-order valence-corrected chi connectivity index (χ1v) is 7.52. The molecule has 1 atom stereocenters. The number of aromatic nitrogens is 3. The molecule has 26 heavy (non-hydrogen) atoms. The van der Waals surface area contributed by atoms with Crippen LogP contribution in [0.5, 0.6) is 5.75 Å². The molecule has 2 aromatic rings. The Balaban J connectivity index is 1.75. The lowest BCUT2D eigenvalue weighted by molar-refractivity contribution is -0.144. The molecule has 1 aromatic heterocycles. The van der Waals surface area contributed by atoms with E-state index in [4.69, 9.17) is 4.74 Å². The number of ether oxygens (including phenoxy) is 1. The quantitative estimate of drug-likeness (QED) is 0.758. The number of halogens is 3. The van der Waals surface area contributed by atoms with Gasteiger partial charge in [-0.3, -0.25) is 14.7 Å². The second-order valence-corrected chi connectivity index (χ2v) is 5.55. The molecule has 2 amide bonds. The van der Waals surface area contributed by atoms with Crippen molar-refractivity contribution >= 4 is 17.5 Å². The maximum absolute atomic E-state index is 12.5. The number of nitrogens with one attached hydrogen (secondary N) is 3. The molecule has 1 aliphatic heterocycles. The van der Waals surface area contributed by atoms with Gasteiger partial charge in [0.2, 0.25) is 11.8 Å². The third kappa shape index (κ3) is 3.46. The number of carbonyl (C=O) groups is 2. The number of para-hydroxylation sites is 1. The monoisotopic (exact) mass is 369 g/mol. The third-order valence-electron chi connectivity index (χ3n) is 3.84. The molecule has 0 saturated carbocycles. The summed E-state index contributed by atoms with van der Waals surface area (Å²) in [6.07, 6.45) is -4.76. The molecule has 138 valence electrons. The maximum atomic E-state index is 12.5. The van der Waals surface area contributed by atoms with Crippen molar-refractivity contribution in [2.24, 2.45) is 0 Å². The predicted octanol–water partition coefficient (Wildman–Crippen LogP) is 1.57. The van der Waals surface area contributed by atoms with E-state index in [1.54, 1.807) is 18.2 Å². The number of H-pyrrole nitrogens is 1. The van der Waals surface area contributed by atoms with Crippen LogP contribution in [-0.2, 0) is 22.3 Å². The van der Waals surface area contributed by atoms with Crippen LogP contribution >= 0.6 is 0 Å². The Labute approximate surface area is 145 Å². The highest BCUT2D eigenvalue weighted by molar-refractivity contribution is 6.02. The normalized spacial score (nSPS) is 16.6. The number of anilines is 1. The van der Waals surface area contributed by atoms with E-state index in [-0.39, 0.29) is 24.7 Å². The SMILES string of the molecule is COc1cccc2c1NC(=O)C[C@@H]2C(=O)NCc1nc(C(F)(F)F)n[nH]1. The average molecular weight is 369 g/mol. The first-order chi connectivity index (χ1) is 12.3. The number of benzene rings is 1.